The Morgan fingerprint density at radius 1 is 0.218 bits per heavy atom. The first-order valence-electron chi connectivity index (χ1n) is 19.0. The van der Waals surface area contributed by atoms with Crippen LogP contribution in [0.4, 0.5) is 0 Å². The standard InChI is InChI=1S/C54H32S/c1-2-12-33(13-3-1)34-22-25-46-48(30-34)41-16-6-8-19-44(41)54-47-26-23-35(31-49(47)42-17-7-9-20-45(42)53(46)54)37-27-28-38(40-15-5-4-14-39(37)40)36-24-29-52-50(32-36)43-18-10-11-21-51(43)55-52/h1-32H. The zero-order valence-corrected chi connectivity index (χ0v) is 30.7. The summed E-state index contributed by atoms with van der Waals surface area (Å²) >= 11 is 1.87. The molecule has 0 aliphatic heterocycles. The molecule has 0 amide bonds. The maximum Gasteiger partial charge on any atom is 0.0355 e. The normalized spacial score (nSPS) is 12.0. The minimum absolute atomic E-state index is 1.23. The first kappa shape index (κ1) is 30.6. The molecule has 1 heterocycles. The first-order chi connectivity index (χ1) is 27.3. The van der Waals surface area contributed by atoms with Gasteiger partial charge < -0.3 is 0 Å². The molecule has 0 aliphatic rings. The first-order valence-corrected chi connectivity index (χ1v) is 19.8. The van der Waals surface area contributed by atoms with Gasteiger partial charge in [-0.2, -0.15) is 0 Å². The van der Waals surface area contributed by atoms with Gasteiger partial charge in [0.25, 0.3) is 0 Å². The van der Waals surface area contributed by atoms with E-state index >= 15 is 0 Å². The van der Waals surface area contributed by atoms with Gasteiger partial charge >= 0.3 is 0 Å². The molecule has 0 saturated heterocycles. The summed E-state index contributed by atoms with van der Waals surface area (Å²) in [6.07, 6.45) is 0. The van der Waals surface area contributed by atoms with Crippen molar-refractivity contribution in [2.45, 2.75) is 0 Å². The number of hydrogen-bond donors (Lipinski definition) is 0. The summed E-state index contributed by atoms with van der Waals surface area (Å²) in [4.78, 5) is 0. The second kappa shape index (κ2) is 11.9. The average Bonchev–Trinajstić information content (AvgIpc) is 3.64. The van der Waals surface area contributed by atoms with Crippen molar-refractivity contribution in [1.29, 1.82) is 0 Å². The highest BCUT2D eigenvalue weighted by atomic mass is 32.1. The molecule has 11 aromatic carbocycles. The Balaban J connectivity index is 1.10. The third-order valence-corrected chi connectivity index (χ3v) is 13.0. The minimum Gasteiger partial charge on any atom is -0.135 e. The highest BCUT2D eigenvalue weighted by Crippen LogP contribution is 2.46. The van der Waals surface area contributed by atoms with E-state index in [-0.39, 0.29) is 0 Å². The van der Waals surface area contributed by atoms with Crippen LogP contribution in [0.15, 0.2) is 194 Å². The molecule has 0 aliphatic carbocycles. The van der Waals surface area contributed by atoms with Gasteiger partial charge in [0, 0.05) is 20.2 Å². The van der Waals surface area contributed by atoms with Gasteiger partial charge in [-0.15, -0.1) is 11.3 Å². The van der Waals surface area contributed by atoms with Gasteiger partial charge in [-0.1, -0.05) is 164 Å². The predicted molar refractivity (Wildman–Crippen MR) is 241 cm³/mol. The van der Waals surface area contributed by atoms with Crippen LogP contribution in [0.5, 0.6) is 0 Å². The molecule has 12 rings (SSSR count). The van der Waals surface area contributed by atoms with Crippen LogP contribution in [0.25, 0.3) is 118 Å². The molecule has 1 heteroatoms. The Kier molecular flexibility index (Phi) is 6.60. The van der Waals surface area contributed by atoms with E-state index in [1.165, 1.54) is 118 Å². The van der Waals surface area contributed by atoms with Crippen LogP contribution in [0, 0.1) is 0 Å². The fourth-order valence-electron chi connectivity index (χ4n) is 9.34. The van der Waals surface area contributed by atoms with Crippen molar-refractivity contribution < 1.29 is 0 Å². The Labute approximate surface area is 322 Å². The van der Waals surface area contributed by atoms with Gasteiger partial charge in [0.1, 0.15) is 0 Å². The van der Waals surface area contributed by atoms with E-state index in [2.05, 4.69) is 194 Å². The SMILES string of the molecule is c1ccc(-c2ccc3c(c2)c2ccccc2c2c4ccc(-c5ccc(-c6ccc7sc8ccccc8c7c6)c6ccccc56)cc4c4ccccc4c32)cc1. The highest BCUT2D eigenvalue weighted by molar-refractivity contribution is 7.25. The quantitative estimate of drug-likeness (QED) is 0.160. The van der Waals surface area contributed by atoms with Crippen LogP contribution in [-0.2, 0) is 0 Å². The predicted octanol–water partition coefficient (Wildman–Crippen LogP) is 16.0. The maximum absolute atomic E-state index is 2.44. The van der Waals surface area contributed by atoms with Crippen molar-refractivity contribution >= 4 is 96.1 Å². The molecule has 0 fully saturated rings. The van der Waals surface area contributed by atoms with Crippen LogP contribution in [0.1, 0.15) is 0 Å². The summed E-state index contributed by atoms with van der Waals surface area (Å²) in [5.74, 6) is 0. The van der Waals surface area contributed by atoms with Gasteiger partial charge in [-0.25, -0.2) is 0 Å². The van der Waals surface area contributed by atoms with Crippen molar-refractivity contribution in [3.8, 4) is 33.4 Å². The lowest BCUT2D eigenvalue weighted by Gasteiger charge is -2.18. The molecular weight excluding hydrogens is 681 g/mol. The minimum atomic E-state index is 1.23. The second-order valence-corrected chi connectivity index (χ2v) is 15.8. The summed E-state index contributed by atoms with van der Waals surface area (Å²) in [5, 5.41) is 18.2. The number of rotatable bonds is 3. The molecule has 254 valence electrons. The lowest BCUT2D eigenvalue weighted by Crippen LogP contribution is -1.90. The molecule has 12 aromatic rings. The molecule has 0 unspecified atom stereocenters. The summed E-state index contributed by atoms with van der Waals surface area (Å²) < 4.78 is 2.67. The summed E-state index contributed by atoms with van der Waals surface area (Å²) in [6.45, 7) is 0. The van der Waals surface area contributed by atoms with Gasteiger partial charge in [-0.3, -0.25) is 0 Å². The van der Waals surface area contributed by atoms with Crippen molar-refractivity contribution in [1.82, 2.24) is 0 Å². The summed E-state index contributed by atoms with van der Waals surface area (Å²) in [5.41, 5.74) is 7.49. The topological polar surface area (TPSA) is 0 Å². The molecule has 0 saturated carbocycles. The van der Waals surface area contributed by atoms with E-state index in [9.17, 15) is 0 Å². The number of hydrogen-bond acceptors (Lipinski definition) is 1. The maximum atomic E-state index is 2.44. The number of fused-ring (bicyclic) bond motifs is 15. The third kappa shape index (κ3) is 4.57. The lowest BCUT2D eigenvalue weighted by molar-refractivity contribution is 1.65. The van der Waals surface area contributed by atoms with E-state index in [0.29, 0.717) is 0 Å². The molecule has 0 radical (unpaired) electrons. The monoisotopic (exact) mass is 712 g/mol. The Morgan fingerprint density at radius 3 is 1.25 bits per heavy atom. The summed E-state index contributed by atoms with van der Waals surface area (Å²) in [6, 6.07) is 72.3. The number of thiophene rings is 1. The third-order valence-electron chi connectivity index (χ3n) is 11.8. The largest absolute Gasteiger partial charge is 0.135 e. The molecule has 0 atom stereocenters. The van der Waals surface area contributed by atoms with E-state index in [1.807, 2.05) is 11.3 Å². The van der Waals surface area contributed by atoms with Crippen LogP contribution in [-0.4, -0.2) is 0 Å². The van der Waals surface area contributed by atoms with Gasteiger partial charge in [-0.05, 0) is 128 Å². The summed E-state index contributed by atoms with van der Waals surface area (Å²) in [7, 11) is 0. The molecular formula is C54H32S. The van der Waals surface area contributed by atoms with E-state index in [0.717, 1.165) is 0 Å². The van der Waals surface area contributed by atoms with E-state index < -0.39 is 0 Å². The molecule has 1 aromatic heterocycles. The van der Waals surface area contributed by atoms with Crippen molar-refractivity contribution in [3.05, 3.63) is 194 Å². The lowest BCUT2D eigenvalue weighted by atomic mass is 9.85. The van der Waals surface area contributed by atoms with Crippen molar-refractivity contribution in [3.63, 3.8) is 0 Å². The smallest absolute Gasteiger partial charge is 0.0355 e. The van der Waals surface area contributed by atoms with E-state index in [4.69, 9.17) is 0 Å². The zero-order valence-electron chi connectivity index (χ0n) is 29.9. The van der Waals surface area contributed by atoms with Crippen LogP contribution in [0.2, 0.25) is 0 Å². The molecule has 0 N–H and O–H groups in total. The Morgan fingerprint density at radius 2 is 0.636 bits per heavy atom. The number of benzene rings is 11. The Hall–Kier alpha value is -6.80. The van der Waals surface area contributed by atoms with Gasteiger partial charge in [0.2, 0.25) is 0 Å². The average molecular weight is 713 g/mol. The zero-order chi connectivity index (χ0) is 36.0. The molecule has 0 nitrogen and oxygen atoms in total. The van der Waals surface area contributed by atoms with Crippen LogP contribution < -0.4 is 0 Å². The van der Waals surface area contributed by atoms with Gasteiger partial charge in [0.15, 0.2) is 0 Å². The van der Waals surface area contributed by atoms with Crippen molar-refractivity contribution in [2.75, 3.05) is 0 Å². The van der Waals surface area contributed by atoms with Gasteiger partial charge in [0.05, 0.1) is 0 Å². The molecule has 0 bridgehead atoms. The highest BCUT2D eigenvalue weighted by Gasteiger charge is 2.18. The second-order valence-electron chi connectivity index (χ2n) is 14.7. The van der Waals surface area contributed by atoms with E-state index in [1.54, 1.807) is 0 Å². The van der Waals surface area contributed by atoms with Crippen molar-refractivity contribution in [2.24, 2.45) is 0 Å². The molecule has 55 heavy (non-hydrogen) atoms. The molecule has 0 spiro atoms. The van der Waals surface area contributed by atoms with Crippen LogP contribution in [0.3, 0.4) is 0 Å². The fourth-order valence-corrected chi connectivity index (χ4v) is 10.4. The Bertz CT molecular complexity index is 3530. The van der Waals surface area contributed by atoms with Crippen LogP contribution >= 0.6 is 11.3 Å². The fraction of sp³-hybridized carbons (Fsp3) is 0.